The molecule has 1 fully saturated rings. The Morgan fingerprint density at radius 1 is 1.14 bits per heavy atom. The molecule has 2 aromatic carbocycles. The molecule has 1 amide bonds. The quantitative estimate of drug-likeness (QED) is 0.250. The van der Waals surface area contributed by atoms with Gasteiger partial charge in [0.05, 0.1) is 35.2 Å². The third kappa shape index (κ3) is 7.87. The SMILES string of the molecule is COc1cc(OC[C@@H]2C[C@H](O[Si](C)(C)C(C)(C)C)CN2C(=O)OC(C)(C)C)c2c(Nc3ccc(F)c(Cl)c3)ncnc2c1. The summed E-state index contributed by atoms with van der Waals surface area (Å²) in [5.41, 5.74) is 0.477. The number of rotatable bonds is 8. The van der Waals surface area contributed by atoms with Crippen LogP contribution in [0.1, 0.15) is 48.0 Å². The molecule has 1 aliphatic rings. The first kappa shape index (κ1) is 32.8. The van der Waals surface area contributed by atoms with Crippen LogP contribution in [0.5, 0.6) is 11.5 Å². The van der Waals surface area contributed by atoms with Crippen LogP contribution in [0.2, 0.25) is 23.2 Å². The molecule has 2 heterocycles. The smallest absolute Gasteiger partial charge is 0.410 e. The summed E-state index contributed by atoms with van der Waals surface area (Å²) >= 11 is 6.01. The zero-order valence-electron chi connectivity index (χ0n) is 26.4. The minimum absolute atomic E-state index is 0.0144. The van der Waals surface area contributed by atoms with Crippen LogP contribution in [0.4, 0.5) is 20.7 Å². The largest absolute Gasteiger partial charge is 0.497 e. The zero-order chi connectivity index (χ0) is 31.7. The number of benzene rings is 2. The van der Waals surface area contributed by atoms with E-state index < -0.39 is 25.8 Å². The van der Waals surface area contributed by atoms with Gasteiger partial charge in [0.2, 0.25) is 0 Å². The van der Waals surface area contributed by atoms with Crippen LogP contribution in [0.25, 0.3) is 10.9 Å². The summed E-state index contributed by atoms with van der Waals surface area (Å²) in [6.07, 6.45) is 1.47. The zero-order valence-corrected chi connectivity index (χ0v) is 28.1. The average Bonchev–Trinajstić information content (AvgIpc) is 3.29. The lowest BCUT2D eigenvalue weighted by atomic mass is 10.1. The van der Waals surface area contributed by atoms with Crippen molar-refractivity contribution < 1.29 is 27.8 Å². The van der Waals surface area contributed by atoms with E-state index in [4.69, 9.17) is 30.2 Å². The van der Waals surface area contributed by atoms with Gasteiger partial charge in [-0.2, -0.15) is 0 Å². The van der Waals surface area contributed by atoms with Crippen LogP contribution in [0, 0.1) is 5.82 Å². The molecule has 0 unspecified atom stereocenters. The Balaban J connectivity index is 1.65. The third-order valence-electron chi connectivity index (χ3n) is 7.80. The third-order valence-corrected chi connectivity index (χ3v) is 12.6. The summed E-state index contributed by atoms with van der Waals surface area (Å²) in [4.78, 5) is 23.9. The van der Waals surface area contributed by atoms with Crippen LogP contribution in [0.15, 0.2) is 36.7 Å². The standard InChI is InChI=1S/C31H42ClFN4O5Si/c1-30(2,3)41-29(38)37-16-22(42-43(8,9)31(4,5)6)13-20(37)17-40-26-15-21(39-7)14-25-27(26)28(35-18-34-25)36-19-10-11-24(33)23(32)12-19/h10-12,14-15,18,20,22H,13,16-17H2,1-9H3,(H,34,35,36)/t20-,22-/m0/s1. The molecule has 4 rings (SSSR count). The molecule has 0 spiro atoms. The number of carbonyl (C=O) groups excluding carboxylic acids is 1. The lowest BCUT2D eigenvalue weighted by Gasteiger charge is -2.38. The summed E-state index contributed by atoms with van der Waals surface area (Å²) in [6.45, 7) is 17.1. The van der Waals surface area contributed by atoms with E-state index in [9.17, 15) is 9.18 Å². The highest BCUT2D eigenvalue weighted by atomic mass is 35.5. The van der Waals surface area contributed by atoms with Crippen LogP contribution in [-0.4, -0.2) is 67.3 Å². The number of nitrogens with zero attached hydrogens (tertiary/aromatic N) is 3. The Morgan fingerprint density at radius 2 is 1.86 bits per heavy atom. The Kier molecular flexibility index (Phi) is 9.49. The predicted octanol–water partition coefficient (Wildman–Crippen LogP) is 7.95. The Morgan fingerprint density at radius 3 is 2.49 bits per heavy atom. The van der Waals surface area contributed by atoms with E-state index in [1.54, 1.807) is 30.2 Å². The number of hydrogen-bond donors (Lipinski definition) is 1. The number of hydrogen-bond acceptors (Lipinski definition) is 8. The van der Waals surface area contributed by atoms with Gasteiger partial charge in [0, 0.05) is 24.4 Å². The summed E-state index contributed by atoms with van der Waals surface area (Å²) in [7, 11) is -0.527. The molecule has 9 nitrogen and oxygen atoms in total. The van der Waals surface area contributed by atoms with E-state index >= 15 is 0 Å². The van der Waals surface area contributed by atoms with E-state index in [1.807, 2.05) is 20.8 Å². The molecule has 0 aliphatic carbocycles. The van der Waals surface area contributed by atoms with Gasteiger partial charge >= 0.3 is 6.09 Å². The van der Waals surface area contributed by atoms with Crippen molar-refractivity contribution >= 4 is 48.4 Å². The Bertz CT molecular complexity index is 1480. The summed E-state index contributed by atoms with van der Waals surface area (Å²) in [6, 6.07) is 7.56. The number of likely N-dealkylation sites (tertiary alicyclic amines) is 1. The molecule has 1 aliphatic heterocycles. The maximum Gasteiger partial charge on any atom is 0.410 e. The number of aromatic nitrogens is 2. The van der Waals surface area contributed by atoms with Crippen molar-refractivity contribution in [2.75, 3.05) is 25.6 Å². The Labute approximate surface area is 259 Å². The van der Waals surface area contributed by atoms with E-state index in [0.717, 1.165) is 0 Å². The highest BCUT2D eigenvalue weighted by Gasteiger charge is 2.44. The lowest BCUT2D eigenvalue weighted by Crippen LogP contribution is -2.45. The first-order chi connectivity index (χ1) is 20.0. The van der Waals surface area contributed by atoms with Crippen LogP contribution < -0.4 is 14.8 Å². The number of ether oxygens (including phenoxy) is 3. The van der Waals surface area contributed by atoms with Crippen LogP contribution in [-0.2, 0) is 9.16 Å². The van der Waals surface area contributed by atoms with Gasteiger partial charge in [0.1, 0.15) is 41.7 Å². The molecule has 0 bridgehead atoms. The van der Waals surface area contributed by atoms with Crippen LogP contribution in [0.3, 0.4) is 0 Å². The maximum atomic E-state index is 13.8. The molecular formula is C31H42ClFN4O5Si. The van der Waals surface area contributed by atoms with Gasteiger partial charge in [-0.05, 0) is 63.5 Å². The molecular weight excluding hydrogens is 591 g/mol. The number of methoxy groups -OCH3 is 1. The normalized spacial score (nSPS) is 17.7. The Hall–Kier alpha value is -3.15. The van der Waals surface area contributed by atoms with Crippen molar-refractivity contribution in [3.05, 3.63) is 47.5 Å². The predicted molar refractivity (Wildman–Crippen MR) is 170 cm³/mol. The molecule has 2 atom stereocenters. The molecule has 43 heavy (non-hydrogen) atoms. The van der Waals surface area contributed by atoms with Gasteiger partial charge in [0.25, 0.3) is 0 Å². The highest BCUT2D eigenvalue weighted by Crippen LogP contribution is 2.40. The van der Waals surface area contributed by atoms with E-state index in [2.05, 4.69) is 49.1 Å². The molecule has 1 aromatic heterocycles. The van der Waals surface area contributed by atoms with E-state index in [1.165, 1.54) is 18.5 Å². The van der Waals surface area contributed by atoms with E-state index in [0.29, 0.717) is 46.9 Å². The highest BCUT2D eigenvalue weighted by molar-refractivity contribution is 6.74. The van der Waals surface area contributed by atoms with Gasteiger partial charge in [-0.25, -0.2) is 19.2 Å². The van der Waals surface area contributed by atoms with E-state index in [-0.39, 0.29) is 28.8 Å². The van der Waals surface area contributed by atoms with Gasteiger partial charge in [-0.3, -0.25) is 4.90 Å². The number of carbonyl (C=O) groups is 1. The molecule has 0 radical (unpaired) electrons. The summed E-state index contributed by atoms with van der Waals surface area (Å²) in [5.74, 6) is 0.936. The van der Waals surface area contributed by atoms with Crippen molar-refractivity contribution in [1.82, 2.24) is 14.9 Å². The molecule has 0 saturated carbocycles. The second-order valence-corrected chi connectivity index (χ2v) is 18.5. The average molecular weight is 633 g/mol. The van der Waals surface area contributed by atoms with Gasteiger partial charge in [-0.1, -0.05) is 32.4 Å². The van der Waals surface area contributed by atoms with Gasteiger partial charge in [-0.15, -0.1) is 0 Å². The summed E-state index contributed by atoms with van der Waals surface area (Å²) in [5, 5.41) is 3.80. The second kappa shape index (κ2) is 12.5. The van der Waals surface area contributed by atoms with Crippen molar-refractivity contribution in [2.24, 2.45) is 0 Å². The summed E-state index contributed by atoms with van der Waals surface area (Å²) < 4.78 is 38.2. The molecule has 1 N–H and O–H groups in total. The molecule has 234 valence electrons. The van der Waals surface area contributed by atoms with Crippen molar-refractivity contribution in [2.45, 2.75) is 83.8 Å². The first-order valence-electron chi connectivity index (χ1n) is 14.3. The fraction of sp³-hybridized carbons (Fsp3) is 0.516. The maximum absolute atomic E-state index is 13.8. The van der Waals surface area contributed by atoms with Crippen molar-refractivity contribution in [1.29, 1.82) is 0 Å². The fourth-order valence-corrected chi connectivity index (χ4v) is 6.15. The monoisotopic (exact) mass is 632 g/mol. The molecule has 1 saturated heterocycles. The fourth-order valence-electron chi connectivity index (χ4n) is 4.61. The lowest BCUT2D eigenvalue weighted by molar-refractivity contribution is 0.0175. The van der Waals surface area contributed by atoms with Gasteiger partial charge < -0.3 is 24.0 Å². The van der Waals surface area contributed by atoms with Gasteiger partial charge in [0.15, 0.2) is 8.32 Å². The first-order valence-corrected chi connectivity index (χ1v) is 17.6. The molecule has 12 heteroatoms. The number of amides is 1. The number of anilines is 2. The minimum Gasteiger partial charge on any atom is -0.497 e. The topological polar surface area (TPSA) is 95.0 Å². The van der Waals surface area contributed by atoms with Crippen LogP contribution >= 0.6 is 11.6 Å². The number of halogens is 2. The second-order valence-electron chi connectivity index (χ2n) is 13.3. The number of nitrogens with one attached hydrogen (secondary N) is 1. The molecule has 3 aromatic rings. The minimum atomic E-state index is -2.09. The van der Waals surface area contributed by atoms with Crippen molar-refractivity contribution in [3.8, 4) is 11.5 Å². The number of fused-ring (bicyclic) bond motifs is 1. The van der Waals surface area contributed by atoms with Crippen molar-refractivity contribution in [3.63, 3.8) is 0 Å².